The zero-order valence-corrected chi connectivity index (χ0v) is 17.0. The molecule has 0 aliphatic rings. The molecule has 8 heteroatoms. The first-order valence-corrected chi connectivity index (χ1v) is 9.65. The van der Waals surface area contributed by atoms with Crippen LogP contribution in [0.1, 0.15) is 5.69 Å². The molecule has 3 aromatic carbocycles. The number of nitrogens with one attached hydrogen (secondary N) is 1. The van der Waals surface area contributed by atoms with E-state index in [2.05, 4.69) is 20.6 Å². The summed E-state index contributed by atoms with van der Waals surface area (Å²) in [5.41, 5.74) is 8.39. The van der Waals surface area contributed by atoms with Crippen LogP contribution in [-0.4, -0.2) is 28.1 Å². The highest BCUT2D eigenvalue weighted by Crippen LogP contribution is 2.23. The van der Waals surface area contributed by atoms with Gasteiger partial charge in [0.15, 0.2) is 5.96 Å². The van der Waals surface area contributed by atoms with Gasteiger partial charge in [-0.25, -0.2) is 9.67 Å². The summed E-state index contributed by atoms with van der Waals surface area (Å²) in [5, 5.41) is 11.3. The lowest BCUT2D eigenvalue weighted by Gasteiger charge is -2.09. The number of anilines is 1. The number of nitrogens with zero attached hydrogens (tertiary/aromatic N) is 4. The van der Waals surface area contributed by atoms with Crippen molar-refractivity contribution in [2.45, 2.75) is 6.54 Å². The van der Waals surface area contributed by atoms with Crippen LogP contribution in [0, 0.1) is 0 Å². The monoisotopic (exact) mass is 414 g/mol. The van der Waals surface area contributed by atoms with Gasteiger partial charge in [-0.05, 0) is 48.5 Å². The molecule has 4 aromatic rings. The molecule has 1 heterocycles. The summed E-state index contributed by atoms with van der Waals surface area (Å²) >= 11 is 0. The summed E-state index contributed by atoms with van der Waals surface area (Å²) in [6, 6.07) is 24.6. The fourth-order valence-electron chi connectivity index (χ4n) is 2.85. The quantitative estimate of drug-likeness (QED) is 0.350. The van der Waals surface area contributed by atoms with Crippen LogP contribution in [-0.2, 0) is 6.54 Å². The Hall–Kier alpha value is -4.33. The smallest absolute Gasteiger partial charge is 0.193 e. The van der Waals surface area contributed by atoms with Crippen LogP contribution in [0.3, 0.4) is 0 Å². The first kappa shape index (κ1) is 20.0. The minimum absolute atomic E-state index is 0.274. The second-order valence-electron chi connectivity index (χ2n) is 6.62. The Kier molecular flexibility index (Phi) is 6.08. The molecule has 156 valence electrons. The Morgan fingerprint density at radius 2 is 1.74 bits per heavy atom. The largest absolute Gasteiger partial charge is 0.497 e. The van der Waals surface area contributed by atoms with Crippen molar-refractivity contribution in [3.8, 4) is 22.9 Å². The number of aromatic nitrogens is 3. The molecular formula is C23H22N6O2. The fraction of sp³-hybridized carbons (Fsp3) is 0.0870. The Morgan fingerprint density at radius 1 is 0.968 bits per heavy atom. The van der Waals surface area contributed by atoms with Crippen molar-refractivity contribution in [1.29, 1.82) is 0 Å². The minimum atomic E-state index is 0.274. The normalized spacial score (nSPS) is 11.2. The number of ether oxygens (including phenoxy) is 2. The fourth-order valence-corrected chi connectivity index (χ4v) is 2.85. The maximum Gasteiger partial charge on any atom is 0.193 e. The van der Waals surface area contributed by atoms with Crippen LogP contribution in [0.5, 0.6) is 17.2 Å². The van der Waals surface area contributed by atoms with Crippen LogP contribution >= 0.6 is 0 Å². The molecule has 1 aromatic heterocycles. The number of aliphatic imine (C=N–C) groups is 1. The van der Waals surface area contributed by atoms with E-state index < -0.39 is 0 Å². The van der Waals surface area contributed by atoms with Gasteiger partial charge >= 0.3 is 0 Å². The van der Waals surface area contributed by atoms with Crippen LogP contribution < -0.4 is 20.5 Å². The molecule has 0 saturated carbocycles. The van der Waals surface area contributed by atoms with Crippen molar-refractivity contribution in [1.82, 2.24) is 15.0 Å². The molecule has 3 N–H and O–H groups in total. The molecule has 0 bridgehead atoms. The highest BCUT2D eigenvalue weighted by atomic mass is 16.5. The Balaban J connectivity index is 1.37. The van der Waals surface area contributed by atoms with Crippen molar-refractivity contribution in [2.24, 2.45) is 10.7 Å². The van der Waals surface area contributed by atoms with Crippen molar-refractivity contribution in [3.63, 3.8) is 0 Å². The minimum Gasteiger partial charge on any atom is -0.497 e. The molecule has 0 spiro atoms. The first-order chi connectivity index (χ1) is 15.2. The van der Waals surface area contributed by atoms with Gasteiger partial charge < -0.3 is 20.5 Å². The molecule has 0 aliphatic carbocycles. The average Bonchev–Trinajstić information content (AvgIpc) is 3.28. The lowest BCUT2D eigenvalue weighted by atomic mass is 10.3. The highest BCUT2D eigenvalue weighted by molar-refractivity contribution is 5.92. The second kappa shape index (κ2) is 9.45. The summed E-state index contributed by atoms with van der Waals surface area (Å²) in [6.45, 7) is 0.301. The van der Waals surface area contributed by atoms with Crippen LogP contribution in [0.15, 0.2) is 90.1 Å². The first-order valence-electron chi connectivity index (χ1n) is 9.65. The standard InChI is InChI=1S/C23H22N6O2/c1-30-20-12-10-19(11-13-20)29-16-18(27-28-29)15-25-23(24)26-17-6-5-9-22(14-17)31-21-7-3-2-4-8-21/h2-14,16H,15H2,1H3,(H3,24,25,26). The van der Waals surface area contributed by atoms with Gasteiger partial charge in [0.1, 0.15) is 22.9 Å². The summed E-state index contributed by atoms with van der Waals surface area (Å²) < 4.78 is 12.7. The number of hydrogen-bond donors (Lipinski definition) is 2. The van der Waals surface area contributed by atoms with E-state index >= 15 is 0 Å². The predicted molar refractivity (Wildman–Crippen MR) is 120 cm³/mol. The number of methoxy groups -OCH3 is 1. The number of para-hydroxylation sites is 1. The van der Waals surface area contributed by atoms with E-state index in [9.17, 15) is 0 Å². The van der Waals surface area contributed by atoms with E-state index in [0.29, 0.717) is 18.0 Å². The molecule has 8 nitrogen and oxygen atoms in total. The van der Waals surface area contributed by atoms with E-state index in [4.69, 9.17) is 15.2 Å². The number of hydrogen-bond acceptors (Lipinski definition) is 5. The van der Waals surface area contributed by atoms with Gasteiger partial charge in [0.25, 0.3) is 0 Å². The Morgan fingerprint density at radius 3 is 2.52 bits per heavy atom. The molecule has 4 rings (SSSR count). The van der Waals surface area contributed by atoms with E-state index in [1.54, 1.807) is 11.8 Å². The van der Waals surface area contributed by atoms with Crippen molar-refractivity contribution in [3.05, 3.63) is 90.8 Å². The zero-order valence-electron chi connectivity index (χ0n) is 17.0. The van der Waals surface area contributed by atoms with E-state index in [1.165, 1.54) is 0 Å². The van der Waals surface area contributed by atoms with Gasteiger partial charge in [-0.15, -0.1) is 5.10 Å². The summed E-state index contributed by atoms with van der Waals surface area (Å²) in [5.74, 6) is 2.52. The SMILES string of the molecule is COc1ccc(-n2cc(CN=C(N)Nc3cccc(Oc4ccccc4)c3)nn2)cc1. The summed E-state index contributed by atoms with van der Waals surface area (Å²) in [6.07, 6.45) is 1.81. The van der Waals surface area contributed by atoms with Gasteiger partial charge in [0.2, 0.25) is 0 Å². The molecule has 0 radical (unpaired) electrons. The van der Waals surface area contributed by atoms with E-state index in [0.717, 1.165) is 22.9 Å². The third-order valence-electron chi connectivity index (χ3n) is 4.37. The number of guanidine groups is 1. The van der Waals surface area contributed by atoms with Gasteiger partial charge in [-0.1, -0.05) is 29.5 Å². The van der Waals surface area contributed by atoms with Crippen molar-refractivity contribution in [2.75, 3.05) is 12.4 Å². The molecule has 0 saturated heterocycles. The summed E-state index contributed by atoms with van der Waals surface area (Å²) in [4.78, 5) is 4.34. The maximum absolute atomic E-state index is 6.04. The van der Waals surface area contributed by atoms with Crippen molar-refractivity contribution < 1.29 is 9.47 Å². The predicted octanol–water partition coefficient (Wildman–Crippen LogP) is 4.00. The molecule has 0 atom stereocenters. The van der Waals surface area contributed by atoms with Gasteiger partial charge in [-0.2, -0.15) is 0 Å². The zero-order chi connectivity index (χ0) is 21.5. The molecule has 0 amide bonds. The summed E-state index contributed by atoms with van der Waals surface area (Å²) in [7, 11) is 1.63. The third-order valence-corrected chi connectivity index (χ3v) is 4.37. The lowest BCUT2D eigenvalue weighted by molar-refractivity contribution is 0.414. The van der Waals surface area contributed by atoms with Crippen LogP contribution in [0.4, 0.5) is 5.69 Å². The molecule has 31 heavy (non-hydrogen) atoms. The maximum atomic E-state index is 6.04. The molecular weight excluding hydrogens is 392 g/mol. The van der Waals surface area contributed by atoms with Gasteiger partial charge in [0.05, 0.1) is 25.5 Å². The van der Waals surface area contributed by atoms with Crippen LogP contribution in [0.2, 0.25) is 0 Å². The number of benzene rings is 3. The topological polar surface area (TPSA) is 99.6 Å². The van der Waals surface area contributed by atoms with Crippen LogP contribution in [0.25, 0.3) is 5.69 Å². The number of nitrogens with two attached hydrogens (primary N) is 1. The van der Waals surface area contributed by atoms with E-state index in [-0.39, 0.29) is 5.96 Å². The number of rotatable bonds is 7. The third kappa shape index (κ3) is 5.39. The van der Waals surface area contributed by atoms with Gasteiger partial charge in [-0.3, -0.25) is 0 Å². The molecule has 0 fully saturated rings. The van der Waals surface area contributed by atoms with Crippen molar-refractivity contribution >= 4 is 11.6 Å². The second-order valence-corrected chi connectivity index (χ2v) is 6.62. The lowest BCUT2D eigenvalue weighted by Crippen LogP contribution is -2.22. The Bertz CT molecular complexity index is 1160. The highest BCUT2D eigenvalue weighted by Gasteiger charge is 2.04. The molecule has 0 unspecified atom stereocenters. The average molecular weight is 414 g/mol. The molecule has 0 aliphatic heterocycles. The Labute approximate surface area is 180 Å². The van der Waals surface area contributed by atoms with Gasteiger partial charge in [0, 0.05) is 11.8 Å². The van der Waals surface area contributed by atoms with E-state index in [1.807, 2.05) is 85.1 Å².